The van der Waals surface area contributed by atoms with Crippen molar-refractivity contribution in [1.29, 1.82) is 0 Å². The molecule has 0 saturated carbocycles. The van der Waals surface area contributed by atoms with Crippen molar-refractivity contribution < 1.29 is 34.0 Å². The second-order valence-electron chi connectivity index (χ2n) is 4.11. The molecule has 0 spiro atoms. The maximum Gasteiger partial charge on any atom is 0.302 e. The Morgan fingerprint density at radius 3 is 1.41 bits per heavy atom. The van der Waals surface area contributed by atoms with Gasteiger partial charge in [-0.3, -0.25) is 4.79 Å². The summed E-state index contributed by atoms with van der Waals surface area (Å²) in [6.07, 6.45) is 0.0255. The summed E-state index contributed by atoms with van der Waals surface area (Å²) in [6.45, 7) is 12.4. The highest BCUT2D eigenvalue weighted by Gasteiger charge is 1.93. The van der Waals surface area contributed by atoms with Gasteiger partial charge in [-0.2, -0.15) is 0 Å². The molecule has 136 valence electrons. The van der Waals surface area contributed by atoms with E-state index in [2.05, 4.69) is 4.74 Å². The monoisotopic (exact) mass is 326 g/mol. The maximum absolute atomic E-state index is 10.0. The van der Waals surface area contributed by atoms with Crippen molar-refractivity contribution in [2.45, 2.75) is 40.7 Å². The first kappa shape index (κ1) is 26.2. The summed E-state index contributed by atoms with van der Waals surface area (Å²) in [7, 11) is 0. The van der Waals surface area contributed by atoms with E-state index < -0.39 is 0 Å². The lowest BCUT2D eigenvalue weighted by Crippen LogP contribution is -2.09. The summed E-state index contributed by atoms with van der Waals surface area (Å²) < 4.78 is 19.2. The molecule has 0 atom stereocenters. The number of hydrogen-bond acceptors (Lipinski definition) is 7. The fourth-order valence-electron chi connectivity index (χ4n) is 0.987. The predicted octanol–water partition coefficient (Wildman–Crippen LogP) is 1.00. The Bertz CT molecular complexity index is 188. The number of esters is 1. The molecule has 7 nitrogen and oxygen atoms in total. The third-order valence-corrected chi connectivity index (χ3v) is 1.65. The van der Waals surface area contributed by atoms with Crippen LogP contribution in [0.3, 0.4) is 0 Å². The highest BCUT2D eigenvalue weighted by molar-refractivity contribution is 5.66. The standard InChI is InChI=1S/C6H14O4.C5H10O2.C4H10O/c7-1-3-9-5-6-10-4-2-8;1-4(2)7-5(3)6;1-3-5-4-2/h7-8H,1-6H2;4H,1-3H3;3-4H2,1-2H3. The lowest BCUT2D eigenvalue weighted by molar-refractivity contribution is -0.144. The molecule has 0 heterocycles. The first-order valence-electron chi connectivity index (χ1n) is 7.58. The molecule has 0 aromatic carbocycles. The molecule has 0 aliphatic heterocycles. The number of carbonyl (C=O) groups excluding carboxylic acids is 1. The Morgan fingerprint density at radius 2 is 1.27 bits per heavy atom. The first-order chi connectivity index (χ1) is 10.5. The Morgan fingerprint density at radius 1 is 0.864 bits per heavy atom. The second kappa shape index (κ2) is 25.2. The molecule has 0 aromatic heterocycles. The van der Waals surface area contributed by atoms with Gasteiger partial charge in [0.25, 0.3) is 0 Å². The minimum atomic E-state index is -0.213. The smallest absolute Gasteiger partial charge is 0.302 e. The van der Waals surface area contributed by atoms with Crippen LogP contribution in [0.15, 0.2) is 0 Å². The Balaban J connectivity index is -0.000000263. The summed E-state index contributed by atoms with van der Waals surface area (Å²) in [6, 6.07) is 0. The van der Waals surface area contributed by atoms with Crippen molar-refractivity contribution in [2.24, 2.45) is 0 Å². The zero-order chi connectivity index (χ0) is 17.6. The van der Waals surface area contributed by atoms with E-state index in [9.17, 15) is 4.79 Å². The summed E-state index contributed by atoms with van der Waals surface area (Å²) >= 11 is 0. The molecule has 0 bridgehead atoms. The summed E-state index contributed by atoms with van der Waals surface area (Å²) in [4.78, 5) is 10.0. The minimum Gasteiger partial charge on any atom is -0.463 e. The molecule has 0 aromatic rings. The van der Waals surface area contributed by atoms with E-state index in [1.165, 1.54) is 6.92 Å². The molecule has 0 rings (SSSR count). The predicted molar refractivity (Wildman–Crippen MR) is 84.9 cm³/mol. The molecular formula is C15H34O7. The number of rotatable bonds is 10. The van der Waals surface area contributed by atoms with Gasteiger partial charge in [-0.15, -0.1) is 0 Å². The zero-order valence-electron chi connectivity index (χ0n) is 14.7. The highest BCUT2D eigenvalue weighted by atomic mass is 16.5. The summed E-state index contributed by atoms with van der Waals surface area (Å²) in [5.41, 5.74) is 0. The zero-order valence-corrected chi connectivity index (χ0v) is 14.7. The highest BCUT2D eigenvalue weighted by Crippen LogP contribution is 1.85. The van der Waals surface area contributed by atoms with Crippen LogP contribution in [-0.2, 0) is 23.7 Å². The van der Waals surface area contributed by atoms with E-state index in [0.717, 1.165) is 13.2 Å². The molecule has 22 heavy (non-hydrogen) atoms. The van der Waals surface area contributed by atoms with Gasteiger partial charge >= 0.3 is 5.97 Å². The quantitative estimate of drug-likeness (QED) is 0.457. The van der Waals surface area contributed by atoms with E-state index in [0.29, 0.717) is 26.4 Å². The summed E-state index contributed by atoms with van der Waals surface area (Å²) in [5.74, 6) is -0.213. The van der Waals surface area contributed by atoms with Crippen LogP contribution in [0.5, 0.6) is 0 Å². The normalized spacial score (nSPS) is 9.45. The number of carbonyl (C=O) groups is 1. The van der Waals surface area contributed by atoms with Crippen LogP contribution < -0.4 is 0 Å². The number of hydrogen-bond donors (Lipinski definition) is 2. The van der Waals surface area contributed by atoms with Gasteiger partial charge in [-0.1, -0.05) is 0 Å². The van der Waals surface area contributed by atoms with Crippen LogP contribution in [0, 0.1) is 0 Å². The average molecular weight is 326 g/mol. The van der Waals surface area contributed by atoms with Gasteiger partial charge in [-0.25, -0.2) is 0 Å². The van der Waals surface area contributed by atoms with Crippen LogP contribution in [0.2, 0.25) is 0 Å². The Kier molecular flexibility index (Phi) is 30.0. The molecule has 0 aliphatic rings. The van der Waals surface area contributed by atoms with Gasteiger partial charge in [0.05, 0.1) is 45.7 Å². The Hall–Kier alpha value is -0.730. The van der Waals surface area contributed by atoms with Gasteiger partial charge in [-0.05, 0) is 27.7 Å². The third kappa shape index (κ3) is 42.7. The molecule has 0 unspecified atom stereocenters. The molecule has 0 saturated heterocycles. The van der Waals surface area contributed by atoms with Crippen molar-refractivity contribution in [3.05, 3.63) is 0 Å². The fraction of sp³-hybridized carbons (Fsp3) is 0.933. The fourth-order valence-corrected chi connectivity index (χ4v) is 0.987. The number of aliphatic hydroxyl groups is 2. The second-order valence-corrected chi connectivity index (χ2v) is 4.11. The molecule has 2 N–H and O–H groups in total. The van der Waals surface area contributed by atoms with E-state index in [1.54, 1.807) is 0 Å². The lowest BCUT2D eigenvalue weighted by Gasteiger charge is -2.01. The lowest BCUT2D eigenvalue weighted by atomic mass is 10.5. The van der Waals surface area contributed by atoms with Gasteiger partial charge in [0.15, 0.2) is 0 Å². The van der Waals surface area contributed by atoms with Crippen molar-refractivity contribution in [3.63, 3.8) is 0 Å². The van der Waals surface area contributed by atoms with E-state index in [-0.39, 0.29) is 25.3 Å². The van der Waals surface area contributed by atoms with Crippen molar-refractivity contribution in [1.82, 2.24) is 0 Å². The minimum absolute atomic E-state index is 0.0255. The van der Waals surface area contributed by atoms with Crippen molar-refractivity contribution >= 4 is 5.97 Å². The molecular weight excluding hydrogens is 292 g/mol. The number of ether oxygens (including phenoxy) is 4. The van der Waals surface area contributed by atoms with Crippen LogP contribution in [0.1, 0.15) is 34.6 Å². The molecule has 0 aliphatic carbocycles. The topological polar surface area (TPSA) is 94.5 Å². The molecule has 0 fully saturated rings. The van der Waals surface area contributed by atoms with Gasteiger partial charge < -0.3 is 29.2 Å². The van der Waals surface area contributed by atoms with Crippen LogP contribution in [-0.4, -0.2) is 75.1 Å². The molecule has 0 radical (unpaired) electrons. The first-order valence-corrected chi connectivity index (χ1v) is 7.58. The van der Waals surface area contributed by atoms with E-state index >= 15 is 0 Å². The summed E-state index contributed by atoms with van der Waals surface area (Å²) in [5, 5.41) is 16.5. The number of aliphatic hydroxyl groups excluding tert-OH is 2. The van der Waals surface area contributed by atoms with Gasteiger partial charge in [0, 0.05) is 20.1 Å². The largest absolute Gasteiger partial charge is 0.463 e. The van der Waals surface area contributed by atoms with Gasteiger partial charge in [0.2, 0.25) is 0 Å². The third-order valence-electron chi connectivity index (χ3n) is 1.65. The van der Waals surface area contributed by atoms with Crippen LogP contribution in [0.4, 0.5) is 0 Å². The van der Waals surface area contributed by atoms with E-state index in [1.807, 2.05) is 27.7 Å². The molecule has 7 heteroatoms. The van der Waals surface area contributed by atoms with Gasteiger partial charge in [0.1, 0.15) is 0 Å². The Labute approximate surface area is 134 Å². The van der Waals surface area contributed by atoms with Crippen LogP contribution >= 0.6 is 0 Å². The average Bonchev–Trinajstić information content (AvgIpc) is 2.43. The van der Waals surface area contributed by atoms with Crippen molar-refractivity contribution in [3.8, 4) is 0 Å². The van der Waals surface area contributed by atoms with E-state index in [4.69, 9.17) is 24.4 Å². The molecule has 0 amide bonds. The van der Waals surface area contributed by atoms with Crippen molar-refractivity contribution in [2.75, 3.05) is 52.9 Å². The SMILES string of the molecule is CC(=O)OC(C)C.CCOCC.OCCOCCOCCO. The maximum atomic E-state index is 10.0. The van der Waals surface area contributed by atoms with Crippen LogP contribution in [0.25, 0.3) is 0 Å².